The molecule has 0 aromatic rings. The van der Waals surface area contributed by atoms with E-state index in [2.05, 4.69) is 0 Å². The Hall–Kier alpha value is 1.21. The molecule has 0 rings (SSSR count). The zero-order valence-electron chi connectivity index (χ0n) is 6.52. The SMILES string of the molecule is OCCCCCCO.[Cl-].[Na+]. The van der Waals surface area contributed by atoms with E-state index in [4.69, 9.17) is 10.2 Å². The van der Waals surface area contributed by atoms with Gasteiger partial charge in [-0.2, -0.15) is 0 Å². The second-order valence-electron chi connectivity index (χ2n) is 1.86. The van der Waals surface area contributed by atoms with Crippen molar-refractivity contribution in [3.05, 3.63) is 0 Å². The maximum Gasteiger partial charge on any atom is 1.00 e. The fourth-order valence-electron chi connectivity index (χ4n) is 0.577. The van der Waals surface area contributed by atoms with Crippen molar-refractivity contribution in [2.24, 2.45) is 0 Å². The van der Waals surface area contributed by atoms with Crippen molar-refractivity contribution < 1.29 is 52.2 Å². The van der Waals surface area contributed by atoms with Gasteiger partial charge < -0.3 is 22.6 Å². The van der Waals surface area contributed by atoms with E-state index < -0.39 is 0 Å². The standard InChI is InChI=1S/C6H14O2.ClH.Na/c7-5-3-1-2-4-6-8;;/h7-8H,1-6H2;1H;/q;;+1/p-1. The Morgan fingerprint density at radius 2 is 1.00 bits per heavy atom. The van der Waals surface area contributed by atoms with Gasteiger partial charge in [-0.25, -0.2) is 0 Å². The molecule has 0 aliphatic carbocycles. The number of hydrogen-bond acceptors (Lipinski definition) is 2. The van der Waals surface area contributed by atoms with Crippen LogP contribution >= 0.6 is 0 Å². The van der Waals surface area contributed by atoms with Crippen LogP contribution in [0.3, 0.4) is 0 Å². The maximum absolute atomic E-state index is 8.30. The number of aliphatic hydroxyl groups is 2. The maximum atomic E-state index is 8.30. The van der Waals surface area contributed by atoms with Gasteiger partial charge in [0.05, 0.1) is 0 Å². The van der Waals surface area contributed by atoms with Crippen molar-refractivity contribution in [3.63, 3.8) is 0 Å². The molecule has 0 amide bonds. The summed E-state index contributed by atoms with van der Waals surface area (Å²) in [6.07, 6.45) is 3.83. The van der Waals surface area contributed by atoms with Crippen LogP contribution in [0.25, 0.3) is 0 Å². The Morgan fingerprint density at radius 3 is 1.20 bits per heavy atom. The summed E-state index contributed by atoms with van der Waals surface area (Å²) < 4.78 is 0. The third kappa shape index (κ3) is 16.1. The van der Waals surface area contributed by atoms with E-state index in [1.165, 1.54) is 0 Å². The first-order chi connectivity index (χ1) is 3.91. The van der Waals surface area contributed by atoms with Crippen LogP contribution in [-0.4, -0.2) is 23.4 Å². The summed E-state index contributed by atoms with van der Waals surface area (Å²) in [5, 5.41) is 16.6. The van der Waals surface area contributed by atoms with Crippen molar-refractivity contribution in [2.45, 2.75) is 25.7 Å². The minimum absolute atomic E-state index is 0. The molecular formula is C6H14ClNaO2. The fraction of sp³-hybridized carbons (Fsp3) is 1.00. The van der Waals surface area contributed by atoms with Crippen molar-refractivity contribution in [1.82, 2.24) is 0 Å². The second kappa shape index (κ2) is 16.7. The molecule has 2 nitrogen and oxygen atoms in total. The number of rotatable bonds is 5. The van der Waals surface area contributed by atoms with E-state index in [0.29, 0.717) is 0 Å². The van der Waals surface area contributed by atoms with Crippen LogP contribution in [-0.2, 0) is 0 Å². The van der Waals surface area contributed by atoms with E-state index in [1.54, 1.807) is 0 Å². The molecule has 0 bridgehead atoms. The molecule has 0 fully saturated rings. The van der Waals surface area contributed by atoms with Crippen LogP contribution in [0.5, 0.6) is 0 Å². The molecule has 0 atom stereocenters. The van der Waals surface area contributed by atoms with Crippen molar-refractivity contribution in [1.29, 1.82) is 0 Å². The normalized spacial score (nSPS) is 7.80. The van der Waals surface area contributed by atoms with Crippen molar-refractivity contribution >= 4 is 0 Å². The van der Waals surface area contributed by atoms with Crippen LogP contribution in [0.2, 0.25) is 0 Å². The molecule has 0 heterocycles. The molecule has 0 saturated carbocycles. The molecule has 58 valence electrons. The quantitative estimate of drug-likeness (QED) is 0.324. The molecule has 0 aliphatic heterocycles. The molecule has 0 saturated heterocycles. The summed E-state index contributed by atoms with van der Waals surface area (Å²) in [7, 11) is 0. The van der Waals surface area contributed by atoms with Gasteiger partial charge in [0.2, 0.25) is 0 Å². The summed E-state index contributed by atoms with van der Waals surface area (Å²) in [6.45, 7) is 0.566. The topological polar surface area (TPSA) is 40.5 Å². The van der Waals surface area contributed by atoms with Crippen LogP contribution in [0.4, 0.5) is 0 Å². The minimum Gasteiger partial charge on any atom is -1.00 e. The van der Waals surface area contributed by atoms with E-state index in [-0.39, 0.29) is 55.2 Å². The largest absolute Gasteiger partial charge is 1.00 e. The molecule has 2 N–H and O–H groups in total. The van der Waals surface area contributed by atoms with Gasteiger partial charge in [-0.05, 0) is 12.8 Å². The smallest absolute Gasteiger partial charge is 1.00 e. The number of aliphatic hydroxyl groups excluding tert-OH is 2. The van der Waals surface area contributed by atoms with Crippen molar-refractivity contribution in [2.75, 3.05) is 13.2 Å². The van der Waals surface area contributed by atoms with E-state index in [0.717, 1.165) is 25.7 Å². The summed E-state index contributed by atoms with van der Waals surface area (Å²) in [5.74, 6) is 0. The van der Waals surface area contributed by atoms with Crippen molar-refractivity contribution in [3.8, 4) is 0 Å². The first-order valence-electron chi connectivity index (χ1n) is 3.13. The van der Waals surface area contributed by atoms with Gasteiger partial charge in [0.1, 0.15) is 0 Å². The average Bonchev–Trinajstić information content (AvgIpc) is 1.81. The van der Waals surface area contributed by atoms with Gasteiger partial charge in [-0.1, -0.05) is 12.8 Å². The Labute approximate surface area is 90.7 Å². The first kappa shape index (κ1) is 17.3. The van der Waals surface area contributed by atoms with Gasteiger partial charge in [0, 0.05) is 13.2 Å². The Kier molecular flexibility index (Phi) is 28.9. The zero-order chi connectivity index (χ0) is 6.24. The van der Waals surface area contributed by atoms with Gasteiger partial charge in [-0.15, -0.1) is 0 Å². The van der Waals surface area contributed by atoms with E-state index in [9.17, 15) is 0 Å². The molecule has 10 heavy (non-hydrogen) atoms. The molecule has 0 unspecified atom stereocenters. The summed E-state index contributed by atoms with van der Waals surface area (Å²) in [5.41, 5.74) is 0. The number of hydrogen-bond donors (Lipinski definition) is 2. The van der Waals surface area contributed by atoms with Crippen LogP contribution in [0, 0.1) is 0 Å². The second-order valence-corrected chi connectivity index (χ2v) is 1.86. The molecule has 0 aromatic heterocycles. The van der Waals surface area contributed by atoms with Crippen LogP contribution < -0.4 is 42.0 Å². The molecule has 4 heteroatoms. The fourth-order valence-corrected chi connectivity index (χ4v) is 0.577. The third-order valence-corrected chi connectivity index (χ3v) is 1.07. The number of unbranched alkanes of at least 4 members (excludes halogenated alkanes) is 3. The Morgan fingerprint density at radius 1 is 0.700 bits per heavy atom. The summed E-state index contributed by atoms with van der Waals surface area (Å²) in [4.78, 5) is 0. The van der Waals surface area contributed by atoms with Crippen LogP contribution in [0.1, 0.15) is 25.7 Å². The predicted molar refractivity (Wildman–Crippen MR) is 32.6 cm³/mol. The monoisotopic (exact) mass is 176 g/mol. The van der Waals surface area contributed by atoms with Gasteiger partial charge in [-0.3, -0.25) is 0 Å². The Balaban J connectivity index is -0.000000245. The van der Waals surface area contributed by atoms with Gasteiger partial charge >= 0.3 is 29.6 Å². The zero-order valence-corrected chi connectivity index (χ0v) is 9.27. The molecule has 0 spiro atoms. The van der Waals surface area contributed by atoms with Gasteiger partial charge in [0.25, 0.3) is 0 Å². The summed E-state index contributed by atoms with van der Waals surface area (Å²) >= 11 is 0. The van der Waals surface area contributed by atoms with Gasteiger partial charge in [0.15, 0.2) is 0 Å². The first-order valence-corrected chi connectivity index (χ1v) is 3.13. The molecular weight excluding hydrogens is 163 g/mol. The molecule has 0 aromatic carbocycles. The van der Waals surface area contributed by atoms with Crippen LogP contribution in [0.15, 0.2) is 0 Å². The Bertz CT molecular complexity index is 40.7. The minimum atomic E-state index is 0. The number of halogens is 1. The van der Waals surface area contributed by atoms with E-state index >= 15 is 0 Å². The summed E-state index contributed by atoms with van der Waals surface area (Å²) in [6, 6.07) is 0. The average molecular weight is 177 g/mol. The third-order valence-electron chi connectivity index (χ3n) is 1.07. The van der Waals surface area contributed by atoms with E-state index in [1.807, 2.05) is 0 Å². The molecule has 0 aliphatic rings. The predicted octanol–water partition coefficient (Wildman–Crippen LogP) is -5.46. The molecule has 0 radical (unpaired) electrons.